The summed E-state index contributed by atoms with van der Waals surface area (Å²) in [4.78, 5) is 23.7. The molecule has 0 saturated heterocycles. The minimum atomic E-state index is -0.779. The Balaban J connectivity index is 1.68. The van der Waals surface area contributed by atoms with Crippen molar-refractivity contribution in [3.05, 3.63) is 35.7 Å². The van der Waals surface area contributed by atoms with Crippen molar-refractivity contribution in [1.82, 2.24) is 9.97 Å². The van der Waals surface area contributed by atoms with E-state index in [9.17, 15) is 9.90 Å². The van der Waals surface area contributed by atoms with Gasteiger partial charge >= 0.3 is 0 Å². The lowest BCUT2D eigenvalue weighted by Crippen LogP contribution is -2.33. The molecule has 0 radical (unpaired) electrons. The van der Waals surface area contributed by atoms with Crippen LogP contribution in [0.2, 0.25) is 0 Å². The monoisotopic (exact) mass is 396 g/mol. The van der Waals surface area contributed by atoms with E-state index in [2.05, 4.69) is 15.3 Å². The largest absolute Gasteiger partial charge is 0.490 e. The lowest BCUT2D eigenvalue weighted by molar-refractivity contribution is -0.121. The van der Waals surface area contributed by atoms with Crippen LogP contribution in [0.1, 0.15) is 57.3 Å². The summed E-state index contributed by atoms with van der Waals surface area (Å²) in [6.45, 7) is 3.45. The third-order valence-electron chi connectivity index (χ3n) is 5.84. The molecule has 154 valence electrons. The number of anilines is 3. The molecule has 2 aromatic rings. The summed E-state index contributed by atoms with van der Waals surface area (Å²) >= 11 is 0. The third kappa shape index (κ3) is 3.44. The van der Waals surface area contributed by atoms with E-state index in [1.807, 2.05) is 38.1 Å². The number of hydrogen-bond donors (Lipinski definition) is 2. The fourth-order valence-electron chi connectivity index (χ4n) is 4.25. The normalized spacial score (nSPS) is 18.6. The number of nitrogens with zero attached hydrogens (tertiary/aromatic N) is 3. The van der Waals surface area contributed by atoms with Crippen molar-refractivity contribution in [3.63, 3.8) is 0 Å². The predicted octanol–water partition coefficient (Wildman–Crippen LogP) is 3.68. The molecule has 2 aliphatic rings. The summed E-state index contributed by atoms with van der Waals surface area (Å²) < 4.78 is 6.11. The molecule has 0 unspecified atom stereocenters. The Morgan fingerprint density at radius 1 is 1.17 bits per heavy atom. The average Bonchev–Trinajstić information content (AvgIpc) is 2.94. The van der Waals surface area contributed by atoms with Gasteiger partial charge in [0.15, 0.2) is 5.82 Å². The van der Waals surface area contributed by atoms with Gasteiger partial charge in [-0.05, 0) is 63.8 Å². The number of amides is 1. The molecule has 1 aromatic carbocycles. The molecule has 1 aliphatic carbocycles. The van der Waals surface area contributed by atoms with Gasteiger partial charge in [-0.1, -0.05) is 6.42 Å². The van der Waals surface area contributed by atoms with Crippen LogP contribution in [-0.4, -0.2) is 34.1 Å². The molecule has 7 heteroatoms. The fourth-order valence-corrected chi connectivity index (χ4v) is 4.25. The number of carbonyl (C=O) groups excluding carboxylic acids is 1. The SMILES string of the molecule is CNc1nc(CO)nc2c1C(C)(C)C(=O)N2c1ccc(OC2CCCCC2)cc1. The van der Waals surface area contributed by atoms with E-state index in [0.29, 0.717) is 11.6 Å². The Labute approximate surface area is 171 Å². The van der Waals surface area contributed by atoms with Crippen molar-refractivity contribution in [3.8, 4) is 5.75 Å². The van der Waals surface area contributed by atoms with E-state index in [1.165, 1.54) is 19.3 Å². The molecule has 0 spiro atoms. The number of carbonyl (C=O) groups is 1. The van der Waals surface area contributed by atoms with E-state index in [4.69, 9.17) is 4.74 Å². The zero-order valence-electron chi connectivity index (χ0n) is 17.2. The minimum absolute atomic E-state index is 0.0747. The summed E-state index contributed by atoms with van der Waals surface area (Å²) in [6.07, 6.45) is 6.20. The molecule has 2 N–H and O–H groups in total. The highest BCUT2D eigenvalue weighted by atomic mass is 16.5. The lowest BCUT2D eigenvalue weighted by atomic mass is 9.87. The van der Waals surface area contributed by atoms with Gasteiger partial charge in [-0.25, -0.2) is 9.97 Å². The van der Waals surface area contributed by atoms with Gasteiger partial charge in [-0.2, -0.15) is 0 Å². The Kier molecular flexibility index (Phi) is 5.17. The van der Waals surface area contributed by atoms with Crippen LogP contribution in [-0.2, 0) is 16.8 Å². The van der Waals surface area contributed by atoms with E-state index in [1.54, 1.807) is 11.9 Å². The summed E-state index contributed by atoms with van der Waals surface area (Å²) in [5.74, 6) is 2.11. The van der Waals surface area contributed by atoms with Gasteiger partial charge in [0.25, 0.3) is 0 Å². The molecular weight excluding hydrogens is 368 g/mol. The van der Waals surface area contributed by atoms with Gasteiger partial charge < -0.3 is 15.2 Å². The van der Waals surface area contributed by atoms with Crippen molar-refractivity contribution in [1.29, 1.82) is 0 Å². The molecule has 29 heavy (non-hydrogen) atoms. The van der Waals surface area contributed by atoms with E-state index >= 15 is 0 Å². The third-order valence-corrected chi connectivity index (χ3v) is 5.84. The van der Waals surface area contributed by atoms with Crippen molar-refractivity contribution in [2.75, 3.05) is 17.3 Å². The van der Waals surface area contributed by atoms with Crippen LogP contribution < -0.4 is 15.0 Å². The Morgan fingerprint density at radius 2 is 1.86 bits per heavy atom. The second kappa shape index (κ2) is 7.63. The molecule has 1 aliphatic heterocycles. The number of aliphatic hydroxyl groups excluding tert-OH is 1. The maximum Gasteiger partial charge on any atom is 0.243 e. The maximum absolute atomic E-state index is 13.3. The van der Waals surface area contributed by atoms with Gasteiger partial charge in [0, 0.05) is 7.05 Å². The summed E-state index contributed by atoms with van der Waals surface area (Å²) in [6, 6.07) is 7.60. The first-order chi connectivity index (χ1) is 14.0. The lowest BCUT2D eigenvalue weighted by Gasteiger charge is -2.24. The van der Waals surface area contributed by atoms with Crippen LogP contribution in [0, 0.1) is 0 Å². The van der Waals surface area contributed by atoms with Crippen LogP contribution in [0.4, 0.5) is 17.3 Å². The smallest absolute Gasteiger partial charge is 0.243 e. The quantitative estimate of drug-likeness (QED) is 0.802. The second-order valence-electron chi connectivity index (χ2n) is 8.23. The Morgan fingerprint density at radius 3 is 2.48 bits per heavy atom. The van der Waals surface area contributed by atoms with Gasteiger partial charge in [-0.3, -0.25) is 9.69 Å². The highest BCUT2D eigenvalue weighted by Crippen LogP contribution is 2.47. The molecular formula is C22H28N4O3. The number of hydrogen-bond acceptors (Lipinski definition) is 6. The topological polar surface area (TPSA) is 87.6 Å². The maximum atomic E-state index is 13.3. The minimum Gasteiger partial charge on any atom is -0.490 e. The van der Waals surface area contributed by atoms with Crippen LogP contribution >= 0.6 is 0 Å². The van der Waals surface area contributed by atoms with E-state index in [0.717, 1.165) is 29.8 Å². The first-order valence-electron chi connectivity index (χ1n) is 10.3. The van der Waals surface area contributed by atoms with Crippen LogP contribution in [0.15, 0.2) is 24.3 Å². The number of rotatable bonds is 5. The van der Waals surface area contributed by atoms with Crippen LogP contribution in [0.3, 0.4) is 0 Å². The van der Waals surface area contributed by atoms with Crippen molar-refractivity contribution >= 4 is 23.2 Å². The van der Waals surface area contributed by atoms with Crippen molar-refractivity contribution in [2.45, 2.75) is 64.1 Å². The number of nitrogens with one attached hydrogen (secondary N) is 1. The number of aliphatic hydroxyl groups is 1. The first-order valence-corrected chi connectivity index (χ1v) is 10.3. The summed E-state index contributed by atoms with van der Waals surface area (Å²) in [7, 11) is 1.75. The molecule has 2 heterocycles. The van der Waals surface area contributed by atoms with Crippen LogP contribution in [0.25, 0.3) is 0 Å². The highest BCUT2D eigenvalue weighted by Gasteiger charge is 2.48. The standard InChI is InChI=1S/C22H28N4O3/c1-22(2)18-19(23-3)24-17(13-27)25-20(18)26(21(22)28)14-9-11-16(12-10-14)29-15-7-5-4-6-8-15/h9-12,15,27H,4-8,13H2,1-3H3,(H,23,24,25). The van der Waals surface area contributed by atoms with Gasteiger partial charge in [0.1, 0.15) is 24.0 Å². The summed E-state index contributed by atoms with van der Waals surface area (Å²) in [5, 5.41) is 12.6. The zero-order valence-corrected chi connectivity index (χ0v) is 17.2. The van der Waals surface area contributed by atoms with Gasteiger partial charge in [-0.15, -0.1) is 0 Å². The van der Waals surface area contributed by atoms with Gasteiger partial charge in [0.2, 0.25) is 5.91 Å². The van der Waals surface area contributed by atoms with Crippen molar-refractivity contribution < 1.29 is 14.6 Å². The molecule has 1 saturated carbocycles. The van der Waals surface area contributed by atoms with E-state index < -0.39 is 5.41 Å². The molecule has 4 rings (SSSR count). The number of fused-ring (bicyclic) bond motifs is 1. The predicted molar refractivity (Wildman–Crippen MR) is 112 cm³/mol. The number of ether oxygens (including phenoxy) is 1. The molecule has 0 bridgehead atoms. The number of benzene rings is 1. The molecule has 1 amide bonds. The average molecular weight is 396 g/mol. The molecule has 0 atom stereocenters. The number of aromatic nitrogens is 2. The van der Waals surface area contributed by atoms with E-state index in [-0.39, 0.29) is 24.4 Å². The van der Waals surface area contributed by atoms with Crippen molar-refractivity contribution in [2.24, 2.45) is 0 Å². The fraction of sp³-hybridized carbons (Fsp3) is 0.500. The highest BCUT2D eigenvalue weighted by molar-refractivity contribution is 6.12. The molecule has 7 nitrogen and oxygen atoms in total. The summed E-state index contributed by atoms with van der Waals surface area (Å²) in [5.41, 5.74) is 0.686. The Hall–Kier alpha value is -2.67. The van der Waals surface area contributed by atoms with Crippen LogP contribution in [0.5, 0.6) is 5.75 Å². The molecule has 1 aromatic heterocycles. The zero-order chi connectivity index (χ0) is 20.6. The Bertz CT molecular complexity index is 905. The molecule has 1 fully saturated rings. The van der Waals surface area contributed by atoms with Gasteiger partial charge in [0.05, 0.1) is 22.8 Å². The first kappa shape index (κ1) is 19.6. The second-order valence-corrected chi connectivity index (χ2v) is 8.23.